The van der Waals surface area contributed by atoms with Crippen LogP contribution in [-0.4, -0.2) is 57.1 Å². The van der Waals surface area contributed by atoms with E-state index in [0.717, 1.165) is 23.3 Å². The van der Waals surface area contributed by atoms with Crippen LogP contribution in [0.1, 0.15) is 31.9 Å². The molecule has 0 aliphatic rings. The van der Waals surface area contributed by atoms with Crippen LogP contribution in [0, 0.1) is 0 Å². The van der Waals surface area contributed by atoms with Crippen LogP contribution in [0.3, 0.4) is 0 Å². The van der Waals surface area contributed by atoms with E-state index in [1.807, 2.05) is 0 Å². The van der Waals surface area contributed by atoms with Gasteiger partial charge in [0.15, 0.2) is 0 Å². The van der Waals surface area contributed by atoms with Crippen molar-refractivity contribution in [1.82, 2.24) is 10.2 Å². The second-order valence-electron chi connectivity index (χ2n) is 8.64. The van der Waals surface area contributed by atoms with Gasteiger partial charge in [-0.2, -0.15) is 13.2 Å². The normalized spacial score (nSPS) is 12.7. The molecule has 0 spiro atoms. The predicted octanol–water partition coefficient (Wildman–Crippen LogP) is 4.08. The molecule has 2 aromatic carbocycles. The van der Waals surface area contributed by atoms with Gasteiger partial charge in [-0.15, -0.1) is 0 Å². The van der Waals surface area contributed by atoms with E-state index in [2.05, 4.69) is 5.32 Å². The lowest BCUT2D eigenvalue weighted by atomic mass is 10.1. The summed E-state index contributed by atoms with van der Waals surface area (Å²) in [7, 11) is -2.72. The molecule has 1 N–H and O–H groups in total. The van der Waals surface area contributed by atoms with E-state index in [4.69, 9.17) is 16.3 Å². The standard InChI is InChI=1S/C24H29ClF3N3O5S/c1-15(2)29-23(33)16(3)30(13-17-6-9-19(36-4)10-7-17)22(32)14-31(37(5,34)35)18-8-11-21(25)20(12-18)24(26,27)28/h6-12,15-16H,13-14H2,1-5H3,(H,29,33)/t16-/m1/s1. The minimum atomic E-state index is -4.84. The van der Waals surface area contributed by atoms with Crippen LogP contribution in [0.5, 0.6) is 5.75 Å². The van der Waals surface area contributed by atoms with Crippen LogP contribution >= 0.6 is 11.6 Å². The molecule has 0 aliphatic carbocycles. The summed E-state index contributed by atoms with van der Waals surface area (Å²) >= 11 is 5.67. The molecule has 13 heteroatoms. The number of alkyl halides is 3. The van der Waals surface area contributed by atoms with Crippen LogP contribution < -0.4 is 14.4 Å². The van der Waals surface area contributed by atoms with Crippen LogP contribution in [0.25, 0.3) is 0 Å². The molecule has 2 rings (SSSR count). The molecular weight excluding hydrogens is 535 g/mol. The van der Waals surface area contributed by atoms with Crippen LogP contribution in [0.15, 0.2) is 42.5 Å². The first-order chi connectivity index (χ1) is 17.0. The van der Waals surface area contributed by atoms with E-state index < -0.39 is 56.9 Å². The largest absolute Gasteiger partial charge is 0.497 e. The number of methoxy groups -OCH3 is 1. The molecule has 2 amide bonds. The van der Waals surface area contributed by atoms with Crippen molar-refractivity contribution in [3.63, 3.8) is 0 Å². The minimum Gasteiger partial charge on any atom is -0.497 e. The maximum atomic E-state index is 13.4. The number of anilines is 1. The first-order valence-corrected chi connectivity index (χ1v) is 13.3. The molecule has 1 atom stereocenters. The van der Waals surface area contributed by atoms with Crippen molar-refractivity contribution in [2.24, 2.45) is 0 Å². The fourth-order valence-corrected chi connectivity index (χ4v) is 4.48. The molecule has 0 aromatic heterocycles. The Morgan fingerprint density at radius 1 is 1.08 bits per heavy atom. The van der Waals surface area contributed by atoms with Crippen molar-refractivity contribution < 1.29 is 35.9 Å². The Bertz CT molecular complexity index is 1220. The summed E-state index contributed by atoms with van der Waals surface area (Å²) in [6.45, 7) is 4.05. The van der Waals surface area contributed by atoms with Gasteiger partial charge in [-0.25, -0.2) is 8.42 Å². The van der Waals surface area contributed by atoms with Gasteiger partial charge >= 0.3 is 6.18 Å². The van der Waals surface area contributed by atoms with E-state index >= 15 is 0 Å². The fourth-order valence-electron chi connectivity index (χ4n) is 3.41. The van der Waals surface area contributed by atoms with Gasteiger partial charge in [-0.1, -0.05) is 23.7 Å². The first kappa shape index (κ1) is 30.2. The molecule has 37 heavy (non-hydrogen) atoms. The number of ether oxygens (including phenoxy) is 1. The second kappa shape index (κ2) is 12.0. The highest BCUT2D eigenvalue weighted by atomic mass is 35.5. The molecule has 0 heterocycles. The highest BCUT2D eigenvalue weighted by molar-refractivity contribution is 7.92. The summed E-state index contributed by atoms with van der Waals surface area (Å²) in [5, 5.41) is 2.09. The Morgan fingerprint density at radius 2 is 1.68 bits per heavy atom. The van der Waals surface area contributed by atoms with Crippen molar-refractivity contribution in [3.05, 3.63) is 58.6 Å². The summed E-state index contributed by atoms with van der Waals surface area (Å²) < 4.78 is 71.0. The third kappa shape index (κ3) is 8.26. The van der Waals surface area contributed by atoms with Gasteiger partial charge in [-0.3, -0.25) is 13.9 Å². The molecule has 0 saturated carbocycles. The highest BCUT2D eigenvalue weighted by Gasteiger charge is 2.35. The SMILES string of the molecule is COc1ccc(CN(C(=O)CN(c2ccc(Cl)c(C(F)(F)F)c2)S(C)(=O)=O)[C@H](C)C(=O)NC(C)C)cc1. The molecule has 0 aliphatic heterocycles. The first-order valence-electron chi connectivity index (χ1n) is 11.1. The van der Waals surface area contributed by atoms with Gasteiger partial charge in [0.1, 0.15) is 18.3 Å². The summed E-state index contributed by atoms with van der Waals surface area (Å²) in [6, 6.07) is 7.98. The number of benzene rings is 2. The molecule has 2 aromatic rings. The van der Waals surface area contributed by atoms with Crippen molar-refractivity contribution in [2.75, 3.05) is 24.2 Å². The smallest absolute Gasteiger partial charge is 0.417 e. The number of hydrogen-bond acceptors (Lipinski definition) is 5. The van der Waals surface area contributed by atoms with Crippen LogP contribution in [-0.2, 0) is 32.3 Å². The van der Waals surface area contributed by atoms with E-state index in [9.17, 15) is 31.2 Å². The lowest BCUT2D eigenvalue weighted by Crippen LogP contribution is -2.52. The van der Waals surface area contributed by atoms with Gasteiger partial charge in [0, 0.05) is 12.6 Å². The maximum absolute atomic E-state index is 13.4. The number of carbonyl (C=O) groups excluding carboxylic acids is 2. The summed E-state index contributed by atoms with van der Waals surface area (Å²) in [5.41, 5.74) is -1.01. The lowest BCUT2D eigenvalue weighted by Gasteiger charge is -2.32. The number of hydrogen-bond donors (Lipinski definition) is 1. The zero-order chi connectivity index (χ0) is 28.1. The number of halogens is 4. The molecule has 0 unspecified atom stereocenters. The van der Waals surface area contributed by atoms with Gasteiger partial charge in [0.25, 0.3) is 0 Å². The number of amides is 2. The number of rotatable bonds is 10. The molecule has 0 saturated heterocycles. The Hall–Kier alpha value is -2.99. The van der Waals surface area contributed by atoms with Crippen molar-refractivity contribution in [2.45, 2.75) is 45.6 Å². The number of nitrogens with one attached hydrogen (secondary N) is 1. The molecule has 0 radical (unpaired) electrons. The third-order valence-corrected chi connectivity index (χ3v) is 6.80. The Morgan fingerprint density at radius 3 is 2.16 bits per heavy atom. The van der Waals surface area contributed by atoms with Gasteiger partial charge in [0.2, 0.25) is 21.8 Å². The second-order valence-corrected chi connectivity index (χ2v) is 11.0. The molecular formula is C24H29ClF3N3O5S. The lowest BCUT2D eigenvalue weighted by molar-refractivity contribution is -0.139. The fraction of sp³-hybridized carbons (Fsp3) is 0.417. The van der Waals surface area contributed by atoms with E-state index in [1.165, 1.54) is 14.0 Å². The molecule has 8 nitrogen and oxygen atoms in total. The maximum Gasteiger partial charge on any atom is 0.417 e. The Labute approximate surface area is 219 Å². The van der Waals surface area contributed by atoms with Crippen molar-refractivity contribution >= 4 is 39.1 Å². The number of nitrogens with zero attached hydrogens (tertiary/aromatic N) is 2. The third-order valence-electron chi connectivity index (χ3n) is 5.33. The summed E-state index contributed by atoms with van der Waals surface area (Å²) in [6.07, 6.45) is -4.07. The average Bonchev–Trinajstić information content (AvgIpc) is 2.79. The van der Waals surface area contributed by atoms with Crippen molar-refractivity contribution in [1.29, 1.82) is 0 Å². The van der Waals surface area contributed by atoms with Crippen LogP contribution in [0.4, 0.5) is 18.9 Å². The van der Waals surface area contributed by atoms with Crippen LogP contribution in [0.2, 0.25) is 5.02 Å². The Kier molecular flexibility index (Phi) is 9.84. The quantitative estimate of drug-likeness (QED) is 0.470. The summed E-state index contributed by atoms with van der Waals surface area (Å²) in [5.74, 6) is -0.705. The zero-order valence-electron chi connectivity index (χ0n) is 21.0. The monoisotopic (exact) mass is 563 g/mol. The molecule has 0 bridgehead atoms. The minimum absolute atomic E-state index is 0.0679. The zero-order valence-corrected chi connectivity index (χ0v) is 22.5. The van der Waals surface area contributed by atoms with Gasteiger partial charge < -0.3 is 15.0 Å². The van der Waals surface area contributed by atoms with E-state index in [0.29, 0.717) is 21.7 Å². The van der Waals surface area contributed by atoms with E-state index in [1.54, 1.807) is 38.1 Å². The number of carbonyl (C=O) groups is 2. The average molecular weight is 564 g/mol. The van der Waals surface area contributed by atoms with Gasteiger partial charge in [0.05, 0.1) is 29.6 Å². The number of sulfonamides is 1. The van der Waals surface area contributed by atoms with Gasteiger partial charge in [-0.05, 0) is 56.7 Å². The Balaban J connectivity index is 2.47. The topological polar surface area (TPSA) is 96.0 Å². The highest BCUT2D eigenvalue weighted by Crippen LogP contribution is 2.37. The molecule has 0 fully saturated rings. The van der Waals surface area contributed by atoms with E-state index in [-0.39, 0.29) is 12.6 Å². The van der Waals surface area contributed by atoms with Crippen molar-refractivity contribution in [3.8, 4) is 5.75 Å². The molecule has 204 valence electrons. The predicted molar refractivity (Wildman–Crippen MR) is 135 cm³/mol. The summed E-state index contributed by atoms with van der Waals surface area (Å²) in [4.78, 5) is 27.4.